The lowest BCUT2D eigenvalue weighted by Crippen LogP contribution is -2.45. The van der Waals surface area contributed by atoms with E-state index in [1.165, 1.54) is 38.5 Å². The standard InChI is InChI=1S/C14H28N2O2/c1-3-16(10-11-17)13(18)15-12-14(2)8-6-4-5-7-9-14/h17H,3-12H2,1-2H3,(H,15,18). The molecule has 1 aliphatic carbocycles. The van der Waals surface area contributed by atoms with Crippen molar-refractivity contribution in [3.63, 3.8) is 0 Å². The third kappa shape index (κ3) is 4.84. The third-order valence-corrected chi connectivity index (χ3v) is 4.02. The summed E-state index contributed by atoms with van der Waals surface area (Å²) in [6.07, 6.45) is 7.63. The van der Waals surface area contributed by atoms with Gasteiger partial charge in [-0.25, -0.2) is 4.79 Å². The second-order valence-electron chi connectivity index (χ2n) is 5.69. The van der Waals surface area contributed by atoms with Crippen molar-refractivity contribution in [2.45, 2.75) is 52.4 Å². The van der Waals surface area contributed by atoms with E-state index in [-0.39, 0.29) is 18.1 Å². The number of urea groups is 1. The first-order valence-corrected chi connectivity index (χ1v) is 7.25. The molecule has 4 heteroatoms. The lowest BCUT2D eigenvalue weighted by molar-refractivity contribution is 0.172. The molecule has 2 amide bonds. The maximum Gasteiger partial charge on any atom is 0.317 e. The topological polar surface area (TPSA) is 52.6 Å². The highest BCUT2D eigenvalue weighted by Crippen LogP contribution is 2.33. The van der Waals surface area contributed by atoms with Crippen molar-refractivity contribution in [2.75, 3.05) is 26.2 Å². The van der Waals surface area contributed by atoms with Crippen LogP contribution in [0.1, 0.15) is 52.4 Å². The summed E-state index contributed by atoms with van der Waals surface area (Å²) in [5.74, 6) is 0. The average molecular weight is 256 g/mol. The number of nitrogens with one attached hydrogen (secondary N) is 1. The van der Waals surface area contributed by atoms with E-state index in [0.29, 0.717) is 13.1 Å². The van der Waals surface area contributed by atoms with Gasteiger partial charge in [-0.1, -0.05) is 32.6 Å². The maximum absolute atomic E-state index is 11.9. The Morgan fingerprint density at radius 1 is 1.28 bits per heavy atom. The Bertz CT molecular complexity index is 248. The minimum absolute atomic E-state index is 0.0263. The summed E-state index contributed by atoms with van der Waals surface area (Å²) in [6.45, 7) is 6.05. The third-order valence-electron chi connectivity index (χ3n) is 4.02. The largest absolute Gasteiger partial charge is 0.395 e. The van der Waals surface area contributed by atoms with Crippen LogP contribution in [-0.2, 0) is 0 Å². The molecule has 2 N–H and O–H groups in total. The van der Waals surface area contributed by atoms with Gasteiger partial charge < -0.3 is 15.3 Å². The van der Waals surface area contributed by atoms with Crippen LogP contribution in [0.4, 0.5) is 4.79 Å². The highest BCUT2D eigenvalue weighted by atomic mass is 16.3. The van der Waals surface area contributed by atoms with Gasteiger partial charge in [0, 0.05) is 19.6 Å². The number of hydrogen-bond donors (Lipinski definition) is 2. The Balaban J connectivity index is 2.39. The Labute approximate surface area is 111 Å². The van der Waals surface area contributed by atoms with Gasteiger partial charge in [-0.15, -0.1) is 0 Å². The highest BCUT2D eigenvalue weighted by molar-refractivity contribution is 5.74. The zero-order valence-corrected chi connectivity index (χ0v) is 11.9. The lowest BCUT2D eigenvalue weighted by atomic mass is 9.82. The summed E-state index contributed by atoms with van der Waals surface area (Å²) in [6, 6.07) is -0.0444. The van der Waals surface area contributed by atoms with Crippen molar-refractivity contribution in [2.24, 2.45) is 5.41 Å². The van der Waals surface area contributed by atoms with Gasteiger partial charge in [0.05, 0.1) is 6.61 Å². The van der Waals surface area contributed by atoms with Crippen LogP contribution in [0.2, 0.25) is 0 Å². The normalized spacial score (nSPS) is 19.1. The molecule has 18 heavy (non-hydrogen) atoms. The van der Waals surface area contributed by atoms with Crippen LogP contribution in [0.15, 0.2) is 0 Å². The number of carbonyl (C=O) groups excluding carboxylic acids is 1. The van der Waals surface area contributed by atoms with Crippen molar-refractivity contribution in [3.05, 3.63) is 0 Å². The molecule has 0 heterocycles. The molecular formula is C14H28N2O2. The first kappa shape index (κ1) is 15.3. The molecule has 0 aliphatic heterocycles. The fourth-order valence-electron chi connectivity index (χ4n) is 2.68. The molecule has 106 valence electrons. The van der Waals surface area contributed by atoms with Crippen LogP contribution in [0.5, 0.6) is 0 Å². The molecular weight excluding hydrogens is 228 g/mol. The van der Waals surface area contributed by atoms with Gasteiger partial charge in [0.1, 0.15) is 0 Å². The van der Waals surface area contributed by atoms with Gasteiger partial charge in [-0.05, 0) is 25.2 Å². The van der Waals surface area contributed by atoms with Crippen LogP contribution in [0.3, 0.4) is 0 Å². The first-order valence-electron chi connectivity index (χ1n) is 7.25. The fraction of sp³-hybridized carbons (Fsp3) is 0.929. The number of nitrogens with zero attached hydrogens (tertiary/aromatic N) is 1. The van der Waals surface area contributed by atoms with E-state index in [9.17, 15) is 4.79 Å². The Morgan fingerprint density at radius 2 is 1.89 bits per heavy atom. The molecule has 1 fully saturated rings. The smallest absolute Gasteiger partial charge is 0.317 e. The van der Waals surface area contributed by atoms with Crippen LogP contribution >= 0.6 is 0 Å². The van der Waals surface area contributed by atoms with Gasteiger partial charge in [0.2, 0.25) is 0 Å². The molecule has 1 aliphatic rings. The highest BCUT2D eigenvalue weighted by Gasteiger charge is 2.26. The van der Waals surface area contributed by atoms with Crippen molar-refractivity contribution >= 4 is 6.03 Å². The summed E-state index contributed by atoms with van der Waals surface area (Å²) in [4.78, 5) is 13.6. The van der Waals surface area contributed by atoms with Crippen molar-refractivity contribution in [1.29, 1.82) is 0 Å². The summed E-state index contributed by atoms with van der Waals surface area (Å²) in [7, 11) is 0. The predicted octanol–water partition coefficient (Wildman–Crippen LogP) is 2.37. The quantitative estimate of drug-likeness (QED) is 0.742. The van der Waals surface area contributed by atoms with E-state index in [2.05, 4.69) is 12.2 Å². The molecule has 0 atom stereocenters. The van der Waals surface area contributed by atoms with E-state index >= 15 is 0 Å². The number of aliphatic hydroxyl groups excluding tert-OH is 1. The number of hydrogen-bond acceptors (Lipinski definition) is 2. The molecule has 4 nitrogen and oxygen atoms in total. The molecule has 0 bridgehead atoms. The molecule has 0 aromatic rings. The van der Waals surface area contributed by atoms with Crippen molar-refractivity contribution in [1.82, 2.24) is 10.2 Å². The molecule has 0 radical (unpaired) electrons. The van der Waals surface area contributed by atoms with Crippen molar-refractivity contribution < 1.29 is 9.90 Å². The van der Waals surface area contributed by atoms with Crippen LogP contribution < -0.4 is 5.32 Å². The van der Waals surface area contributed by atoms with E-state index in [4.69, 9.17) is 5.11 Å². The second kappa shape index (κ2) is 7.62. The number of likely N-dealkylation sites (N-methyl/N-ethyl adjacent to an activating group) is 1. The van der Waals surface area contributed by atoms with Crippen molar-refractivity contribution in [3.8, 4) is 0 Å². The number of aliphatic hydroxyl groups is 1. The Hall–Kier alpha value is -0.770. The summed E-state index contributed by atoms with van der Waals surface area (Å²) in [5, 5.41) is 11.9. The molecule has 1 rings (SSSR count). The monoisotopic (exact) mass is 256 g/mol. The predicted molar refractivity (Wildman–Crippen MR) is 73.5 cm³/mol. The molecule has 0 aromatic heterocycles. The van der Waals surface area contributed by atoms with E-state index in [1.807, 2.05) is 6.92 Å². The van der Waals surface area contributed by atoms with Gasteiger partial charge in [0.25, 0.3) is 0 Å². The zero-order valence-electron chi connectivity index (χ0n) is 11.9. The van der Waals surface area contributed by atoms with Crippen LogP contribution in [0, 0.1) is 5.41 Å². The molecule has 1 saturated carbocycles. The average Bonchev–Trinajstić information content (AvgIpc) is 2.58. The fourth-order valence-corrected chi connectivity index (χ4v) is 2.68. The number of amides is 2. The summed E-state index contributed by atoms with van der Waals surface area (Å²) < 4.78 is 0. The van der Waals surface area contributed by atoms with E-state index in [0.717, 1.165) is 6.54 Å². The Kier molecular flexibility index (Phi) is 6.47. The number of carbonyl (C=O) groups is 1. The first-order chi connectivity index (χ1) is 8.61. The van der Waals surface area contributed by atoms with Gasteiger partial charge in [-0.2, -0.15) is 0 Å². The lowest BCUT2D eigenvalue weighted by Gasteiger charge is -2.30. The maximum atomic E-state index is 11.9. The zero-order chi connectivity index (χ0) is 13.4. The molecule has 0 spiro atoms. The van der Waals surface area contributed by atoms with Gasteiger partial charge >= 0.3 is 6.03 Å². The van der Waals surface area contributed by atoms with E-state index < -0.39 is 0 Å². The summed E-state index contributed by atoms with van der Waals surface area (Å²) >= 11 is 0. The number of rotatable bonds is 5. The molecule has 0 aromatic carbocycles. The minimum Gasteiger partial charge on any atom is -0.395 e. The molecule has 0 saturated heterocycles. The van der Waals surface area contributed by atoms with Crippen LogP contribution in [-0.4, -0.2) is 42.3 Å². The van der Waals surface area contributed by atoms with E-state index in [1.54, 1.807) is 4.90 Å². The summed E-state index contributed by atoms with van der Waals surface area (Å²) in [5.41, 5.74) is 0.255. The SMILES string of the molecule is CCN(CCO)C(=O)NCC1(C)CCCCCC1. The van der Waals surface area contributed by atoms with Gasteiger partial charge in [0.15, 0.2) is 0 Å². The second-order valence-corrected chi connectivity index (χ2v) is 5.69. The minimum atomic E-state index is -0.0444. The Morgan fingerprint density at radius 3 is 2.39 bits per heavy atom. The van der Waals surface area contributed by atoms with Crippen LogP contribution in [0.25, 0.3) is 0 Å². The molecule has 0 unspecified atom stereocenters. The van der Waals surface area contributed by atoms with Gasteiger partial charge in [-0.3, -0.25) is 0 Å².